The monoisotopic (exact) mass is 188 g/mol. The van der Waals surface area contributed by atoms with Gasteiger partial charge in [0.1, 0.15) is 0 Å². The smallest absolute Gasteiger partial charge is 0.237 e. The van der Waals surface area contributed by atoms with Gasteiger partial charge in [0.25, 0.3) is 0 Å². The van der Waals surface area contributed by atoms with E-state index in [1.165, 1.54) is 0 Å². The van der Waals surface area contributed by atoms with E-state index in [9.17, 15) is 9.90 Å². The number of amides is 1. The van der Waals surface area contributed by atoms with Crippen LogP contribution >= 0.6 is 0 Å². The lowest BCUT2D eigenvalue weighted by atomic mass is 9.86. The summed E-state index contributed by atoms with van der Waals surface area (Å²) in [5, 5.41) is 12.4. The quantitative estimate of drug-likeness (QED) is 0.583. The topological polar surface area (TPSA) is 75.4 Å². The summed E-state index contributed by atoms with van der Waals surface area (Å²) in [6, 6.07) is -0.554. The number of carbonyl (C=O) groups is 1. The molecule has 13 heavy (non-hydrogen) atoms. The summed E-state index contributed by atoms with van der Waals surface area (Å²) in [5.74, 6) is -0.257. The summed E-state index contributed by atoms with van der Waals surface area (Å²) in [4.78, 5) is 11.3. The Bertz CT molecular complexity index is 192. The highest BCUT2D eigenvalue weighted by Gasteiger charge is 2.36. The van der Waals surface area contributed by atoms with Crippen LogP contribution in [-0.2, 0) is 4.79 Å². The van der Waals surface area contributed by atoms with Gasteiger partial charge in [-0.1, -0.05) is 0 Å². The summed E-state index contributed by atoms with van der Waals surface area (Å²) >= 11 is 0. The number of hydrogen-bond donors (Lipinski definition) is 3. The Morgan fingerprint density at radius 2 is 1.77 bits per heavy atom. The van der Waals surface area contributed by atoms with Crippen molar-refractivity contribution in [2.45, 2.75) is 51.8 Å². The van der Waals surface area contributed by atoms with E-state index >= 15 is 0 Å². The van der Waals surface area contributed by atoms with Crippen LogP contribution in [0.4, 0.5) is 0 Å². The molecule has 1 unspecified atom stereocenters. The maximum Gasteiger partial charge on any atom is 0.237 e. The molecule has 0 saturated heterocycles. The first-order valence-corrected chi connectivity index (χ1v) is 4.38. The van der Waals surface area contributed by atoms with E-state index in [2.05, 4.69) is 5.32 Å². The number of carbonyl (C=O) groups excluding carboxylic acids is 1. The molecular weight excluding hydrogens is 168 g/mol. The molecule has 0 aliphatic rings. The molecule has 0 aliphatic carbocycles. The zero-order valence-corrected chi connectivity index (χ0v) is 9.01. The molecule has 0 radical (unpaired) electrons. The standard InChI is InChI=1S/C9H20N2O2/c1-6(10)7(12)11-8(2,3)9(4,5)13/h6,13H,10H2,1-5H3,(H,11,12). The largest absolute Gasteiger partial charge is 0.388 e. The normalized spacial score (nSPS) is 15.3. The van der Waals surface area contributed by atoms with Gasteiger partial charge in [0.15, 0.2) is 0 Å². The van der Waals surface area contributed by atoms with Gasteiger partial charge < -0.3 is 16.2 Å². The maximum absolute atomic E-state index is 11.3. The minimum Gasteiger partial charge on any atom is -0.388 e. The van der Waals surface area contributed by atoms with Gasteiger partial charge in [-0.2, -0.15) is 0 Å². The summed E-state index contributed by atoms with van der Waals surface area (Å²) < 4.78 is 0. The molecule has 0 fully saturated rings. The molecule has 0 spiro atoms. The zero-order valence-electron chi connectivity index (χ0n) is 9.01. The van der Waals surface area contributed by atoms with Gasteiger partial charge in [-0.15, -0.1) is 0 Å². The molecule has 4 N–H and O–H groups in total. The molecule has 78 valence electrons. The Hall–Kier alpha value is -0.610. The molecule has 4 heteroatoms. The fourth-order valence-electron chi connectivity index (χ4n) is 0.575. The highest BCUT2D eigenvalue weighted by molar-refractivity contribution is 5.81. The maximum atomic E-state index is 11.3. The van der Waals surface area contributed by atoms with Gasteiger partial charge in [0, 0.05) is 0 Å². The molecule has 0 aromatic carbocycles. The van der Waals surface area contributed by atoms with Crippen molar-refractivity contribution in [1.82, 2.24) is 5.32 Å². The van der Waals surface area contributed by atoms with Crippen LogP contribution in [0, 0.1) is 0 Å². The van der Waals surface area contributed by atoms with Crippen LogP contribution in [0.15, 0.2) is 0 Å². The van der Waals surface area contributed by atoms with Crippen LogP contribution in [0.1, 0.15) is 34.6 Å². The van der Waals surface area contributed by atoms with E-state index in [4.69, 9.17) is 5.73 Å². The van der Waals surface area contributed by atoms with Gasteiger partial charge in [-0.05, 0) is 34.6 Å². The van der Waals surface area contributed by atoms with Gasteiger partial charge in [-0.25, -0.2) is 0 Å². The third-order valence-corrected chi connectivity index (χ3v) is 2.38. The average molecular weight is 188 g/mol. The minimum absolute atomic E-state index is 0.257. The van der Waals surface area contributed by atoms with Crippen LogP contribution in [0.5, 0.6) is 0 Å². The third-order valence-electron chi connectivity index (χ3n) is 2.38. The van der Waals surface area contributed by atoms with Crippen molar-refractivity contribution in [3.05, 3.63) is 0 Å². The fraction of sp³-hybridized carbons (Fsp3) is 0.889. The van der Waals surface area contributed by atoms with Crippen LogP contribution in [0.2, 0.25) is 0 Å². The molecule has 0 aromatic rings. The highest BCUT2D eigenvalue weighted by atomic mass is 16.3. The number of nitrogens with two attached hydrogens (primary N) is 1. The first kappa shape index (κ1) is 12.4. The van der Waals surface area contributed by atoms with E-state index in [0.29, 0.717) is 0 Å². The summed E-state index contributed by atoms with van der Waals surface area (Å²) in [7, 11) is 0. The lowest BCUT2D eigenvalue weighted by Crippen LogP contribution is -2.60. The van der Waals surface area contributed by atoms with E-state index in [0.717, 1.165) is 0 Å². The Balaban J connectivity index is 4.44. The van der Waals surface area contributed by atoms with E-state index < -0.39 is 17.2 Å². The Labute approximate surface area is 79.5 Å². The van der Waals surface area contributed by atoms with E-state index in [1.807, 2.05) is 0 Å². The molecule has 0 aliphatic heterocycles. The van der Waals surface area contributed by atoms with E-state index in [-0.39, 0.29) is 5.91 Å². The molecule has 1 amide bonds. The second kappa shape index (κ2) is 3.64. The van der Waals surface area contributed by atoms with Gasteiger partial charge >= 0.3 is 0 Å². The lowest BCUT2D eigenvalue weighted by Gasteiger charge is -2.38. The first-order valence-electron chi connectivity index (χ1n) is 4.38. The van der Waals surface area contributed by atoms with Gasteiger partial charge in [0.05, 0.1) is 17.2 Å². The summed E-state index contributed by atoms with van der Waals surface area (Å²) in [6.45, 7) is 8.42. The number of hydrogen-bond acceptors (Lipinski definition) is 3. The van der Waals surface area contributed by atoms with Gasteiger partial charge in [0.2, 0.25) is 5.91 Å². The minimum atomic E-state index is -0.975. The Kier molecular flexibility index (Phi) is 3.47. The van der Waals surface area contributed by atoms with Crippen molar-refractivity contribution in [1.29, 1.82) is 0 Å². The average Bonchev–Trinajstić information content (AvgIpc) is 1.83. The molecule has 0 rings (SSSR count). The van der Waals surface area contributed by atoms with Gasteiger partial charge in [-0.3, -0.25) is 4.79 Å². The second-order valence-electron chi connectivity index (χ2n) is 4.46. The molecular formula is C9H20N2O2. The van der Waals surface area contributed by atoms with Crippen LogP contribution in [-0.4, -0.2) is 28.2 Å². The molecule has 0 aromatic heterocycles. The van der Waals surface area contributed by atoms with Crippen LogP contribution < -0.4 is 11.1 Å². The zero-order chi connectivity index (χ0) is 10.9. The predicted octanol–water partition coefficient (Wildman–Crippen LogP) is -0.000700. The fourth-order valence-corrected chi connectivity index (χ4v) is 0.575. The number of aliphatic hydroxyl groups is 1. The molecule has 0 heterocycles. The van der Waals surface area contributed by atoms with Crippen molar-refractivity contribution in [3.8, 4) is 0 Å². The highest BCUT2D eigenvalue weighted by Crippen LogP contribution is 2.20. The molecule has 0 saturated carbocycles. The van der Waals surface area contributed by atoms with Crippen LogP contribution in [0.3, 0.4) is 0 Å². The molecule has 0 bridgehead atoms. The van der Waals surface area contributed by atoms with Crippen LogP contribution in [0.25, 0.3) is 0 Å². The lowest BCUT2D eigenvalue weighted by molar-refractivity contribution is -0.127. The van der Waals surface area contributed by atoms with Crippen molar-refractivity contribution in [3.63, 3.8) is 0 Å². The van der Waals surface area contributed by atoms with Crippen molar-refractivity contribution in [2.24, 2.45) is 5.73 Å². The molecule has 1 atom stereocenters. The van der Waals surface area contributed by atoms with Crippen molar-refractivity contribution in [2.75, 3.05) is 0 Å². The summed E-state index contributed by atoms with van der Waals surface area (Å²) in [5.41, 5.74) is 3.74. The Morgan fingerprint density at radius 3 is 2.00 bits per heavy atom. The third kappa shape index (κ3) is 3.32. The van der Waals surface area contributed by atoms with E-state index in [1.54, 1.807) is 34.6 Å². The second-order valence-corrected chi connectivity index (χ2v) is 4.46. The SMILES string of the molecule is CC(N)C(=O)NC(C)(C)C(C)(C)O. The first-order chi connectivity index (χ1) is 5.58. The predicted molar refractivity (Wildman–Crippen MR) is 52.2 cm³/mol. The van der Waals surface area contributed by atoms with Crippen molar-refractivity contribution < 1.29 is 9.90 Å². The molecule has 4 nitrogen and oxygen atoms in total. The summed E-state index contributed by atoms with van der Waals surface area (Å²) in [6.07, 6.45) is 0. The Morgan fingerprint density at radius 1 is 1.38 bits per heavy atom. The number of rotatable bonds is 3. The van der Waals surface area contributed by atoms with Crippen molar-refractivity contribution >= 4 is 5.91 Å². The number of nitrogens with one attached hydrogen (secondary N) is 1.